The molecule has 2 saturated carbocycles. The third kappa shape index (κ3) is 5.72. The third-order valence-electron chi connectivity index (χ3n) is 8.42. The summed E-state index contributed by atoms with van der Waals surface area (Å²) < 4.78 is 68.5. The van der Waals surface area contributed by atoms with E-state index in [1.54, 1.807) is 6.20 Å². The maximum atomic E-state index is 14.9. The van der Waals surface area contributed by atoms with Crippen molar-refractivity contribution in [3.05, 3.63) is 60.3 Å². The van der Waals surface area contributed by atoms with Gasteiger partial charge in [0.2, 0.25) is 11.8 Å². The molecule has 1 N–H and O–H groups in total. The van der Waals surface area contributed by atoms with E-state index in [2.05, 4.69) is 21.5 Å². The number of hydrogen-bond donors (Lipinski definition) is 1. The summed E-state index contributed by atoms with van der Waals surface area (Å²) >= 11 is 0. The molecule has 0 unspecified atom stereocenters. The maximum Gasteiger partial charge on any atom is 0.248 e. The first-order chi connectivity index (χ1) is 20.0. The summed E-state index contributed by atoms with van der Waals surface area (Å²) in [5, 5.41) is 16.9. The molecular weight excluding hydrogens is 569 g/mol. The van der Waals surface area contributed by atoms with Crippen LogP contribution in [0.3, 0.4) is 0 Å². The molecule has 2 aliphatic carbocycles. The van der Waals surface area contributed by atoms with Crippen molar-refractivity contribution in [2.75, 3.05) is 29.5 Å². The van der Waals surface area contributed by atoms with E-state index in [9.17, 15) is 31.6 Å². The lowest BCUT2D eigenvalue weighted by Crippen LogP contribution is -2.45. The highest BCUT2D eigenvalue weighted by Gasteiger charge is 2.50. The molecule has 13 heteroatoms. The van der Waals surface area contributed by atoms with Gasteiger partial charge in [-0.15, -0.1) is 0 Å². The van der Waals surface area contributed by atoms with Crippen molar-refractivity contribution in [1.82, 2.24) is 20.1 Å². The number of rotatable bonds is 6. The van der Waals surface area contributed by atoms with Crippen molar-refractivity contribution in [3.8, 4) is 23.0 Å². The quantitative estimate of drug-likeness (QED) is 0.455. The van der Waals surface area contributed by atoms with Crippen LogP contribution in [0, 0.1) is 23.1 Å². The number of anilines is 1. The number of halogens is 3. The van der Waals surface area contributed by atoms with E-state index in [0.717, 1.165) is 11.9 Å². The van der Waals surface area contributed by atoms with Crippen molar-refractivity contribution >= 4 is 21.4 Å². The molecule has 0 spiro atoms. The molecule has 6 rings (SSSR count). The van der Waals surface area contributed by atoms with Crippen LogP contribution >= 0.6 is 0 Å². The summed E-state index contributed by atoms with van der Waals surface area (Å²) in [6.07, 6.45) is 2.61. The number of aromatic nitrogens is 3. The minimum atomic E-state index is -3.04. The predicted molar refractivity (Wildman–Crippen MR) is 148 cm³/mol. The number of sulfone groups is 1. The van der Waals surface area contributed by atoms with Crippen molar-refractivity contribution in [1.29, 1.82) is 5.26 Å². The predicted octanol–water partition coefficient (Wildman–Crippen LogP) is 4.00. The number of carbonyl (C=O) groups is 1. The Hall–Kier alpha value is -3.92. The highest BCUT2D eigenvalue weighted by Crippen LogP contribution is 2.48. The normalized spacial score (nSPS) is 24.0. The Morgan fingerprint density at radius 2 is 1.79 bits per heavy atom. The lowest BCUT2D eigenvalue weighted by molar-refractivity contribution is -0.131. The van der Waals surface area contributed by atoms with Gasteiger partial charge < -0.3 is 10.2 Å². The first-order valence-electron chi connectivity index (χ1n) is 13.8. The van der Waals surface area contributed by atoms with Crippen LogP contribution in [0.25, 0.3) is 16.9 Å². The Kier molecular flexibility index (Phi) is 7.00. The molecule has 9 nitrogen and oxygen atoms in total. The van der Waals surface area contributed by atoms with Gasteiger partial charge in [-0.05, 0) is 49.1 Å². The molecule has 2 aromatic heterocycles. The van der Waals surface area contributed by atoms with Gasteiger partial charge in [0.05, 0.1) is 29.5 Å². The van der Waals surface area contributed by atoms with Gasteiger partial charge in [-0.2, -0.15) is 10.4 Å². The summed E-state index contributed by atoms with van der Waals surface area (Å²) in [7, 11) is -3.04. The van der Waals surface area contributed by atoms with E-state index < -0.39 is 57.7 Å². The summed E-state index contributed by atoms with van der Waals surface area (Å²) in [6, 6.07) is 12.1. The van der Waals surface area contributed by atoms with Crippen LogP contribution in [0.1, 0.15) is 43.7 Å². The van der Waals surface area contributed by atoms with Gasteiger partial charge in [-0.25, -0.2) is 31.3 Å². The van der Waals surface area contributed by atoms with Crippen molar-refractivity contribution in [2.45, 2.75) is 49.5 Å². The molecule has 1 aromatic carbocycles. The highest BCUT2D eigenvalue weighted by atomic mass is 32.2. The summed E-state index contributed by atoms with van der Waals surface area (Å²) in [5.74, 6) is -5.35. The summed E-state index contributed by atoms with van der Waals surface area (Å²) in [5.41, 5.74) is 1.37. The molecule has 1 saturated heterocycles. The largest absolute Gasteiger partial charge is 0.369 e. The van der Waals surface area contributed by atoms with Crippen molar-refractivity contribution < 1.29 is 26.4 Å². The number of hydrogen-bond acceptors (Lipinski definition) is 7. The number of nitriles is 1. The Bertz CT molecular complexity index is 1630. The fourth-order valence-corrected chi connectivity index (χ4v) is 6.98. The zero-order valence-electron chi connectivity index (χ0n) is 22.6. The van der Waals surface area contributed by atoms with E-state index >= 15 is 0 Å². The van der Waals surface area contributed by atoms with E-state index in [-0.39, 0.29) is 23.7 Å². The number of amides is 1. The van der Waals surface area contributed by atoms with E-state index in [1.165, 1.54) is 16.8 Å². The molecule has 3 aromatic rings. The van der Waals surface area contributed by atoms with Crippen LogP contribution in [0.5, 0.6) is 0 Å². The molecule has 0 radical (unpaired) electrons. The standard InChI is InChI=1S/C29H29F3N6O3S/c30-20-3-6-25(34-16-20)38-17-24(19-1-4-21(5-2-19)37-11-13-42(40,41)14-12-37)26(36-38)23-15-29(31,32)8-7-22(23)27(39)35-28(18-33)9-10-28/h1-6,16-17,22-23H,7-15H2,(H,35,39)/t22-,23-/m1/s1. The zero-order chi connectivity index (χ0) is 29.7. The van der Waals surface area contributed by atoms with Gasteiger partial charge in [0.15, 0.2) is 15.7 Å². The van der Waals surface area contributed by atoms with Crippen LogP contribution in [0.15, 0.2) is 48.8 Å². The van der Waals surface area contributed by atoms with E-state index in [1.807, 2.05) is 29.2 Å². The van der Waals surface area contributed by atoms with Crippen molar-refractivity contribution in [3.63, 3.8) is 0 Å². The van der Waals surface area contributed by atoms with Gasteiger partial charge in [-0.1, -0.05) is 12.1 Å². The minimum Gasteiger partial charge on any atom is -0.369 e. The SMILES string of the molecule is N#CC1(NC(=O)[C@@H]2CCC(F)(F)C[C@H]2c2nn(-c3ccc(F)cn3)cc2-c2ccc(N3CCS(=O)(=O)CC3)cc2)CC1. The number of nitrogens with zero attached hydrogens (tertiary/aromatic N) is 5. The number of carbonyl (C=O) groups excluding carboxylic acids is 1. The molecule has 3 aliphatic rings. The average Bonchev–Trinajstić information content (AvgIpc) is 3.59. The van der Waals surface area contributed by atoms with Crippen LogP contribution in [0.4, 0.5) is 18.9 Å². The molecule has 42 heavy (non-hydrogen) atoms. The second-order valence-corrected chi connectivity index (χ2v) is 13.7. The highest BCUT2D eigenvalue weighted by molar-refractivity contribution is 7.91. The molecule has 1 aliphatic heterocycles. The van der Waals surface area contributed by atoms with Crippen LogP contribution in [-0.2, 0) is 14.6 Å². The van der Waals surface area contributed by atoms with Crippen LogP contribution < -0.4 is 10.2 Å². The first-order valence-corrected chi connectivity index (χ1v) is 15.7. The maximum absolute atomic E-state index is 14.9. The lowest BCUT2D eigenvalue weighted by atomic mass is 9.74. The summed E-state index contributed by atoms with van der Waals surface area (Å²) in [6.45, 7) is 0.748. The van der Waals surface area contributed by atoms with Gasteiger partial charge in [-0.3, -0.25) is 4.79 Å². The van der Waals surface area contributed by atoms with Gasteiger partial charge >= 0.3 is 0 Å². The number of pyridine rings is 1. The van der Waals surface area contributed by atoms with Crippen LogP contribution in [-0.4, -0.2) is 65.1 Å². The monoisotopic (exact) mass is 598 g/mol. The van der Waals surface area contributed by atoms with E-state index in [4.69, 9.17) is 0 Å². The fourth-order valence-electron chi connectivity index (χ4n) is 5.78. The smallest absolute Gasteiger partial charge is 0.248 e. The topological polar surface area (TPSA) is 121 Å². The van der Waals surface area contributed by atoms with Crippen molar-refractivity contribution in [2.24, 2.45) is 5.92 Å². The second-order valence-electron chi connectivity index (χ2n) is 11.4. The van der Waals surface area contributed by atoms with Gasteiger partial charge in [0.1, 0.15) is 11.4 Å². The molecule has 220 valence electrons. The molecule has 3 heterocycles. The first kappa shape index (κ1) is 28.2. The Balaban J connectivity index is 1.38. The Morgan fingerprint density at radius 3 is 2.40 bits per heavy atom. The molecular formula is C29H29F3N6O3S. The molecule has 1 amide bonds. The second kappa shape index (κ2) is 10.4. The number of alkyl halides is 2. The Morgan fingerprint density at radius 1 is 1.07 bits per heavy atom. The molecule has 3 fully saturated rings. The lowest BCUT2D eigenvalue weighted by Gasteiger charge is -2.35. The Labute approximate surface area is 241 Å². The zero-order valence-corrected chi connectivity index (χ0v) is 23.5. The molecule has 0 bridgehead atoms. The minimum absolute atomic E-state index is 0.0666. The summed E-state index contributed by atoms with van der Waals surface area (Å²) in [4.78, 5) is 19.5. The van der Waals surface area contributed by atoms with Crippen LogP contribution in [0.2, 0.25) is 0 Å². The average molecular weight is 599 g/mol. The van der Waals surface area contributed by atoms with E-state index in [0.29, 0.717) is 42.8 Å². The number of nitrogens with one attached hydrogen (secondary N) is 1. The fraction of sp³-hybridized carbons (Fsp3) is 0.448. The third-order valence-corrected chi connectivity index (χ3v) is 10.0. The van der Waals surface area contributed by atoms with Gasteiger partial charge in [0.25, 0.3) is 0 Å². The van der Waals surface area contributed by atoms with Gasteiger partial charge in [0, 0.05) is 55.2 Å². The molecule has 2 atom stereocenters. The number of benzene rings is 1.